The van der Waals surface area contributed by atoms with Crippen molar-refractivity contribution in [1.29, 1.82) is 0 Å². The fourth-order valence-electron chi connectivity index (χ4n) is 8.31. The summed E-state index contributed by atoms with van der Waals surface area (Å²) in [7, 11) is 0. The molecule has 0 bridgehead atoms. The summed E-state index contributed by atoms with van der Waals surface area (Å²) >= 11 is 0. The molecule has 0 unspecified atom stereocenters. The van der Waals surface area contributed by atoms with Crippen LogP contribution in [0.15, 0.2) is 0 Å². The first-order chi connectivity index (χ1) is 11.7. The van der Waals surface area contributed by atoms with E-state index in [1.165, 1.54) is 38.5 Å². The highest BCUT2D eigenvalue weighted by Crippen LogP contribution is 2.68. The van der Waals surface area contributed by atoms with E-state index in [0.717, 1.165) is 43.4 Å². The molecule has 4 rings (SSSR count). The molecule has 2 heteroatoms. The minimum absolute atomic E-state index is 0.273. The van der Waals surface area contributed by atoms with E-state index in [0.29, 0.717) is 23.0 Å². The van der Waals surface area contributed by atoms with Crippen molar-refractivity contribution in [3.63, 3.8) is 0 Å². The molecule has 0 amide bonds. The molecule has 0 aromatic heterocycles. The molecule has 1 N–H and O–H groups in total. The summed E-state index contributed by atoms with van der Waals surface area (Å²) in [5.74, 6) is 3.90. The molecule has 4 aliphatic carbocycles. The van der Waals surface area contributed by atoms with E-state index >= 15 is 0 Å². The summed E-state index contributed by atoms with van der Waals surface area (Å²) in [4.78, 5) is 12.2. The van der Waals surface area contributed by atoms with Crippen molar-refractivity contribution in [1.82, 2.24) is 0 Å². The molecular formula is C23H38O2. The van der Waals surface area contributed by atoms with Crippen LogP contribution in [0.2, 0.25) is 0 Å². The first-order valence-corrected chi connectivity index (χ1v) is 11.0. The number of ketones is 1. The molecule has 0 saturated heterocycles. The van der Waals surface area contributed by atoms with Crippen molar-refractivity contribution >= 4 is 5.78 Å². The monoisotopic (exact) mass is 346 g/mol. The van der Waals surface area contributed by atoms with Crippen LogP contribution in [-0.2, 0) is 4.79 Å². The largest absolute Gasteiger partial charge is 0.390 e. The first kappa shape index (κ1) is 18.0. The summed E-state index contributed by atoms with van der Waals surface area (Å²) in [6, 6.07) is 0. The summed E-state index contributed by atoms with van der Waals surface area (Å²) in [5, 5.41) is 10.9. The predicted molar refractivity (Wildman–Crippen MR) is 101 cm³/mol. The third-order valence-electron chi connectivity index (χ3n) is 9.97. The second-order valence-electron chi connectivity index (χ2n) is 10.7. The van der Waals surface area contributed by atoms with Gasteiger partial charge in [-0.05, 0) is 106 Å². The van der Waals surface area contributed by atoms with E-state index < -0.39 is 5.60 Å². The molecule has 0 aliphatic heterocycles. The Hall–Kier alpha value is -0.370. The summed E-state index contributed by atoms with van der Waals surface area (Å²) in [6.07, 6.45) is 11.8. The zero-order valence-electron chi connectivity index (χ0n) is 16.8. The Kier molecular flexibility index (Phi) is 4.19. The lowest BCUT2D eigenvalue weighted by atomic mass is 9.43. The Morgan fingerprint density at radius 1 is 0.960 bits per heavy atom. The SMILES string of the molecule is CC[C@@]1(O)CC[C@@]2(C)[C@H](CC[C@@H]3[C@@H]2CC[C@]2(C)[C@@H](C(C)=O)CC[C@@H]32)C1. The van der Waals surface area contributed by atoms with E-state index in [4.69, 9.17) is 0 Å². The van der Waals surface area contributed by atoms with Crippen LogP contribution in [0.4, 0.5) is 0 Å². The van der Waals surface area contributed by atoms with E-state index in [2.05, 4.69) is 20.8 Å². The smallest absolute Gasteiger partial charge is 0.133 e. The summed E-state index contributed by atoms with van der Waals surface area (Å²) < 4.78 is 0. The molecule has 4 fully saturated rings. The molecule has 8 atom stereocenters. The van der Waals surface area contributed by atoms with Crippen LogP contribution in [0.1, 0.15) is 91.9 Å². The zero-order valence-corrected chi connectivity index (χ0v) is 16.8. The Bertz CT molecular complexity index is 556. The Labute approximate surface area is 154 Å². The molecule has 25 heavy (non-hydrogen) atoms. The lowest BCUT2D eigenvalue weighted by Gasteiger charge is -2.62. The molecule has 4 aliphatic rings. The molecule has 0 spiro atoms. The highest BCUT2D eigenvalue weighted by atomic mass is 16.3. The van der Waals surface area contributed by atoms with Crippen molar-refractivity contribution in [2.24, 2.45) is 40.4 Å². The van der Waals surface area contributed by atoms with E-state index in [1.807, 2.05) is 6.92 Å². The van der Waals surface area contributed by atoms with Gasteiger partial charge in [0, 0.05) is 5.92 Å². The summed E-state index contributed by atoms with van der Waals surface area (Å²) in [6.45, 7) is 8.98. The Balaban J connectivity index is 1.59. The molecule has 2 nitrogen and oxygen atoms in total. The van der Waals surface area contributed by atoms with Gasteiger partial charge in [-0.3, -0.25) is 4.79 Å². The van der Waals surface area contributed by atoms with Crippen LogP contribution < -0.4 is 0 Å². The minimum atomic E-state index is -0.396. The third kappa shape index (κ3) is 2.49. The molecule has 142 valence electrons. The highest BCUT2D eigenvalue weighted by Gasteiger charge is 2.61. The van der Waals surface area contributed by atoms with E-state index in [1.54, 1.807) is 0 Å². The lowest BCUT2D eigenvalue weighted by molar-refractivity contribution is -0.154. The van der Waals surface area contributed by atoms with Crippen LogP contribution in [0.5, 0.6) is 0 Å². The maximum atomic E-state index is 12.2. The maximum absolute atomic E-state index is 12.2. The average molecular weight is 347 g/mol. The van der Waals surface area contributed by atoms with Gasteiger partial charge in [-0.15, -0.1) is 0 Å². The summed E-state index contributed by atoms with van der Waals surface area (Å²) in [5.41, 5.74) is 0.308. The fourth-order valence-corrected chi connectivity index (χ4v) is 8.31. The number of Topliss-reactive ketones (excluding diaryl/α,β-unsaturated/α-hetero) is 1. The van der Waals surface area contributed by atoms with Crippen molar-refractivity contribution in [3.05, 3.63) is 0 Å². The van der Waals surface area contributed by atoms with Crippen molar-refractivity contribution in [2.75, 3.05) is 0 Å². The standard InChI is InChI=1S/C23H38O2/c1-5-23(25)13-12-21(3)16(14-23)6-7-17-19-9-8-18(15(2)24)22(19,4)11-10-20(17)21/h16-20,25H,5-14H2,1-4H3/t16-,17+,18-,19+,20+,21+,22-,23-/m1/s1. The first-order valence-electron chi connectivity index (χ1n) is 11.0. The Morgan fingerprint density at radius 2 is 1.68 bits per heavy atom. The van der Waals surface area contributed by atoms with Gasteiger partial charge in [-0.1, -0.05) is 20.8 Å². The highest BCUT2D eigenvalue weighted by molar-refractivity contribution is 5.79. The number of carbonyl (C=O) groups excluding carboxylic acids is 1. The Morgan fingerprint density at radius 3 is 2.36 bits per heavy atom. The second kappa shape index (κ2) is 5.81. The second-order valence-corrected chi connectivity index (χ2v) is 10.7. The molecule has 4 saturated carbocycles. The number of hydrogen-bond donors (Lipinski definition) is 1. The van der Waals surface area contributed by atoms with Crippen molar-refractivity contribution in [3.8, 4) is 0 Å². The van der Waals surface area contributed by atoms with Gasteiger partial charge >= 0.3 is 0 Å². The van der Waals surface area contributed by atoms with Gasteiger partial charge in [0.1, 0.15) is 5.78 Å². The van der Waals surface area contributed by atoms with Crippen LogP contribution in [0.25, 0.3) is 0 Å². The molecule has 0 aromatic carbocycles. The molecular weight excluding hydrogens is 308 g/mol. The number of carbonyl (C=O) groups is 1. The van der Waals surface area contributed by atoms with Crippen LogP contribution >= 0.6 is 0 Å². The van der Waals surface area contributed by atoms with Gasteiger partial charge in [-0.25, -0.2) is 0 Å². The molecule has 0 heterocycles. The quantitative estimate of drug-likeness (QED) is 0.729. The van der Waals surface area contributed by atoms with Gasteiger partial charge < -0.3 is 5.11 Å². The normalized spacial score (nSPS) is 55.2. The van der Waals surface area contributed by atoms with E-state index in [-0.39, 0.29) is 5.41 Å². The van der Waals surface area contributed by atoms with Gasteiger partial charge in [0.05, 0.1) is 5.60 Å². The average Bonchev–Trinajstić information content (AvgIpc) is 2.93. The van der Waals surface area contributed by atoms with Gasteiger partial charge in [0.2, 0.25) is 0 Å². The number of rotatable bonds is 2. The van der Waals surface area contributed by atoms with Gasteiger partial charge in [0.15, 0.2) is 0 Å². The van der Waals surface area contributed by atoms with Gasteiger partial charge in [0.25, 0.3) is 0 Å². The number of hydrogen-bond acceptors (Lipinski definition) is 2. The number of fused-ring (bicyclic) bond motifs is 5. The van der Waals surface area contributed by atoms with E-state index in [9.17, 15) is 9.90 Å². The fraction of sp³-hybridized carbons (Fsp3) is 0.957. The third-order valence-corrected chi connectivity index (χ3v) is 9.97. The van der Waals surface area contributed by atoms with Crippen molar-refractivity contribution in [2.45, 2.75) is 97.5 Å². The lowest BCUT2D eigenvalue weighted by Crippen LogP contribution is -2.56. The molecule has 0 aromatic rings. The number of aliphatic hydroxyl groups is 1. The predicted octanol–water partition coefficient (Wildman–Crippen LogP) is 5.38. The van der Waals surface area contributed by atoms with Crippen molar-refractivity contribution < 1.29 is 9.90 Å². The van der Waals surface area contributed by atoms with Crippen LogP contribution in [0, 0.1) is 40.4 Å². The van der Waals surface area contributed by atoms with Gasteiger partial charge in [-0.2, -0.15) is 0 Å². The molecule has 0 radical (unpaired) electrons. The topological polar surface area (TPSA) is 37.3 Å². The zero-order chi connectivity index (χ0) is 18.0. The maximum Gasteiger partial charge on any atom is 0.133 e. The van der Waals surface area contributed by atoms with Crippen LogP contribution in [0.3, 0.4) is 0 Å². The van der Waals surface area contributed by atoms with Crippen LogP contribution in [-0.4, -0.2) is 16.5 Å². The minimum Gasteiger partial charge on any atom is -0.390 e.